The standard InChI is InChI=1S/C16H27NO4/c1-5-8-21-9-6-7-17-12-14-15(19-3)10-13(18-2)11-16(14)20-4/h10-11,17H,5-9,12H2,1-4H3. The molecule has 21 heavy (non-hydrogen) atoms. The minimum Gasteiger partial charge on any atom is -0.496 e. The van der Waals surface area contributed by atoms with Crippen molar-refractivity contribution in [3.05, 3.63) is 17.7 Å². The molecule has 5 heteroatoms. The zero-order valence-electron chi connectivity index (χ0n) is 13.5. The van der Waals surface area contributed by atoms with Gasteiger partial charge in [-0.25, -0.2) is 0 Å². The summed E-state index contributed by atoms with van der Waals surface area (Å²) in [6, 6.07) is 3.73. The Bertz CT molecular complexity index is 384. The van der Waals surface area contributed by atoms with Gasteiger partial charge in [0.15, 0.2) is 0 Å². The summed E-state index contributed by atoms with van der Waals surface area (Å²) in [7, 11) is 4.93. The van der Waals surface area contributed by atoms with Crippen LogP contribution in [-0.4, -0.2) is 41.1 Å². The smallest absolute Gasteiger partial charge is 0.130 e. The molecule has 0 aromatic heterocycles. The first-order valence-corrected chi connectivity index (χ1v) is 7.34. The first kappa shape index (κ1) is 17.6. The lowest BCUT2D eigenvalue weighted by atomic mass is 10.1. The van der Waals surface area contributed by atoms with Crippen molar-refractivity contribution in [2.24, 2.45) is 0 Å². The third-order valence-corrected chi connectivity index (χ3v) is 3.11. The van der Waals surface area contributed by atoms with Crippen LogP contribution in [0.15, 0.2) is 12.1 Å². The Morgan fingerprint density at radius 2 is 1.62 bits per heavy atom. The maximum atomic E-state index is 5.45. The zero-order chi connectivity index (χ0) is 15.5. The van der Waals surface area contributed by atoms with Crippen LogP contribution in [0.3, 0.4) is 0 Å². The Kier molecular flexibility index (Phi) is 8.62. The molecule has 0 saturated heterocycles. The molecule has 120 valence electrons. The summed E-state index contributed by atoms with van der Waals surface area (Å²) < 4.78 is 21.5. The van der Waals surface area contributed by atoms with Crippen LogP contribution in [0.2, 0.25) is 0 Å². The number of hydrogen-bond donors (Lipinski definition) is 1. The van der Waals surface area contributed by atoms with Gasteiger partial charge < -0.3 is 24.3 Å². The predicted molar refractivity (Wildman–Crippen MR) is 83.5 cm³/mol. The number of methoxy groups -OCH3 is 3. The fourth-order valence-corrected chi connectivity index (χ4v) is 2.01. The highest BCUT2D eigenvalue weighted by atomic mass is 16.5. The van der Waals surface area contributed by atoms with Gasteiger partial charge in [0.05, 0.1) is 26.9 Å². The van der Waals surface area contributed by atoms with E-state index in [9.17, 15) is 0 Å². The van der Waals surface area contributed by atoms with E-state index in [1.807, 2.05) is 12.1 Å². The van der Waals surface area contributed by atoms with Crippen LogP contribution >= 0.6 is 0 Å². The number of hydrogen-bond acceptors (Lipinski definition) is 5. The van der Waals surface area contributed by atoms with Crippen molar-refractivity contribution >= 4 is 0 Å². The van der Waals surface area contributed by atoms with Crippen molar-refractivity contribution < 1.29 is 18.9 Å². The summed E-state index contributed by atoms with van der Waals surface area (Å²) in [5.41, 5.74) is 0.996. The Morgan fingerprint density at radius 3 is 2.14 bits per heavy atom. The van der Waals surface area contributed by atoms with Crippen LogP contribution in [-0.2, 0) is 11.3 Å². The van der Waals surface area contributed by atoms with E-state index in [2.05, 4.69) is 12.2 Å². The second-order valence-electron chi connectivity index (χ2n) is 4.65. The van der Waals surface area contributed by atoms with Crippen molar-refractivity contribution in [3.63, 3.8) is 0 Å². The van der Waals surface area contributed by atoms with Gasteiger partial charge in [0, 0.05) is 31.9 Å². The second-order valence-corrected chi connectivity index (χ2v) is 4.65. The number of rotatable bonds is 11. The van der Waals surface area contributed by atoms with Crippen molar-refractivity contribution in [2.45, 2.75) is 26.3 Å². The van der Waals surface area contributed by atoms with Gasteiger partial charge in [0.2, 0.25) is 0 Å². The summed E-state index contributed by atoms with van der Waals surface area (Å²) >= 11 is 0. The highest BCUT2D eigenvalue weighted by molar-refractivity contribution is 5.50. The summed E-state index contributed by atoms with van der Waals surface area (Å²) in [5, 5.41) is 3.38. The molecule has 0 unspecified atom stereocenters. The lowest BCUT2D eigenvalue weighted by Crippen LogP contribution is -2.17. The first-order valence-electron chi connectivity index (χ1n) is 7.34. The molecule has 1 aromatic carbocycles. The Balaban J connectivity index is 2.53. The quantitative estimate of drug-likeness (QED) is 0.636. The van der Waals surface area contributed by atoms with Gasteiger partial charge in [0.1, 0.15) is 17.2 Å². The molecule has 0 saturated carbocycles. The highest BCUT2D eigenvalue weighted by Gasteiger charge is 2.12. The van der Waals surface area contributed by atoms with Crippen LogP contribution in [0.4, 0.5) is 0 Å². The van der Waals surface area contributed by atoms with Gasteiger partial charge in [-0.3, -0.25) is 0 Å². The van der Waals surface area contributed by atoms with Gasteiger partial charge in [-0.15, -0.1) is 0 Å². The summed E-state index contributed by atoms with van der Waals surface area (Å²) in [6.45, 7) is 5.31. The maximum absolute atomic E-state index is 5.45. The first-order chi connectivity index (χ1) is 10.3. The van der Waals surface area contributed by atoms with Gasteiger partial charge >= 0.3 is 0 Å². The molecule has 0 atom stereocenters. The van der Waals surface area contributed by atoms with Crippen molar-refractivity contribution in [2.75, 3.05) is 41.1 Å². The van der Waals surface area contributed by atoms with Crippen LogP contribution < -0.4 is 19.5 Å². The molecule has 0 bridgehead atoms. The number of nitrogens with one attached hydrogen (secondary N) is 1. The summed E-state index contributed by atoms with van der Waals surface area (Å²) in [5.74, 6) is 2.25. The number of benzene rings is 1. The molecule has 0 heterocycles. The normalized spacial score (nSPS) is 10.5. The van der Waals surface area contributed by atoms with E-state index in [1.54, 1.807) is 21.3 Å². The molecule has 5 nitrogen and oxygen atoms in total. The van der Waals surface area contributed by atoms with E-state index in [-0.39, 0.29) is 0 Å². The molecule has 0 spiro atoms. The third-order valence-electron chi connectivity index (χ3n) is 3.11. The highest BCUT2D eigenvalue weighted by Crippen LogP contribution is 2.33. The van der Waals surface area contributed by atoms with E-state index < -0.39 is 0 Å². The zero-order valence-corrected chi connectivity index (χ0v) is 13.5. The topological polar surface area (TPSA) is 49.0 Å². The van der Waals surface area contributed by atoms with Gasteiger partial charge in [-0.1, -0.05) is 6.92 Å². The molecule has 0 aliphatic heterocycles. The lowest BCUT2D eigenvalue weighted by Gasteiger charge is -2.15. The molecule has 0 aliphatic rings. The van der Waals surface area contributed by atoms with Crippen LogP contribution in [0.5, 0.6) is 17.2 Å². The fraction of sp³-hybridized carbons (Fsp3) is 0.625. The van der Waals surface area contributed by atoms with Crippen LogP contribution in [0, 0.1) is 0 Å². The van der Waals surface area contributed by atoms with Gasteiger partial charge in [-0.2, -0.15) is 0 Å². The SMILES string of the molecule is CCCOCCCNCc1c(OC)cc(OC)cc1OC. The maximum Gasteiger partial charge on any atom is 0.130 e. The minimum atomic E-state index is 0.685. The Labute approximate surface area is 127 Å². The van der Waals surface area contributed by atoms with Crippen molar-refractivity contribution in [1.29, 1.82) is 0 Å². The Hall–Kier alpha value is -1.46. The molecule has 1 aromatic rings. The van der Waals surface area contributed by atoms with E-state index in [0.29, 0.717) is 6.54 Å². The largest absolute Gasteiger partial charge is 0.496 e. The van der Waals surface area contributed by atoms with E-state index in [4.69, 9.17) is 18.9 Å². The van der Waals surface area contributed by atoms with E-state index in [0.717, 1.165) is 55.4 Å². The monoisotopic (exact) mass is 297 g/mol. The van der Waals surface area contributed by atoms with E-state index in [1.165, 1.54) is 0 Å². The summed E-state index contributed by atoms with van der Waals surface area (Å²) in [4.78, 5) is 0. The molecule has 0 fully saturated rings. The lowest BCUT2D eigenvalue weighted by molar-refractivity contribution is 0.132. The second kappa shape index (κ2) is 10.3. The molecule has 1 rings (SSSR count). The van der Waals surface area contributed by atoms with Crippen LogP contribution in [0.1, 0.15) is 25.3 Å². The molecule has 0 radical (unpaired) electrons. The predicted octanol–water partition coefficient (Wildman–Crippen LogP) is 2.62. The van der Waals surface area contributed by atoms with E-state index >= 15 is 0 Å². The average molecular weight is 297 g/mol. The summed E-state index contributed by atoms with van der Waals surface area (Å²) in [6.07, 6.45) is 2.05. The fourth-order valence-electron chi connectivity index (χ4n) is 2.01. The molecule has 0 aliphatic carbocycles. The van der Waals surface area contributed by atoms with Gasteiger partial charge in [-0.05, 0) is 19.4 Å². The average Bonchev–Trinajstić information content (AvgIpc) is 2.53. The molecular formula is C16H27NO4. The van der Waals surface area contributed by atoms with Gasteiger partial charge in [0.25, 0.3) is 0 Å². The van der Waals surface area contributed by atoms with Crippen LogP contribution in [0.25, 0.3) is 0 Å². The molecular weight excluding hydrogens is 270 g/mol. The molecule has 0 amide bonds. The van der Waals surface area contributed by atoms with Crippen molar-refractivity contribution in [3.8, 4) is 17.2 Å². The number of ether oxygens (including phenoxy) is 4. The molecule has 1 N–H and O–H groups in total. The Morgan fingerprint density at radius 1 is 0.952 bits per heavy atom. The third kappa shape index (κ3) is 5.81. The van der Waals surface area contributed by atoms with Crippen molar-refractivity contribution in [1.82, 2.24) is 5.32 Å². The minimum absolute atomic E-state index is 0.685.